The Bertz CT molecular complexity index is 1290. The molecule has 0 saturated carbocycles. The molecule has 0 radical (unpaired) electrons. The molecule has 1 fully saturated rings. The highest BCUT2D eigenvalue weighted by atomic mass is 32.2. The molecule has 3 aromatic carbocycles. The van der Waals surface area contributed by atoms with Crippen LogP contribution < -0.4 is 4.74 Å². The molecule has 1 atom stereocenters. The summed E-state index contributed by atoms with van der Waals surface area (Å²) in [6.07, 6.45) is 2.94. The molecule has 1 amide bonds. The minimum atomic E-state index is -0.380. The van der Waals surface area contributed by atoms with Gasteiger partial charge >= 0.3 is 0 Å². The maximum atomic E-state index is 13.6. The lowest BCUT2D eigenvalue weighted by atomic mass is 10.1. The van der Waals surface area contributed by atoms with Gasteiger partial charge in [-0.25, -0.2) is 0 Å². The van der Waals surface area contributed by atoms with E-state index in [2.05, 4.69) is 39.0 Å². The minimum absolute atomic E-state index is 0.139. The van der Waals surface area contributed by atoms with Gasteiger partial charge in [-0.2, -0.15) is 0 Å². The Hall–Kier alpha value is -3.58. The van der Waals surface area contributed by atoms with Gasteiger partial charge in [0.2, 0.25) is 5.91 Å². The summed E-state index contributed by atoms with van der Waals surface area (Å²) in [5.41, 5.74) is 3.10. The first-order valence-corrected chi connectivity index (χ1v) is 13.2. The average molecular weight is 499 g/mol. The Morgan fingerprint density at radius 2 is 1.58 bits per heavy atom. The third-order valence-electron chi connectivity index (χ3n) is 6.50. The SMILES string of the molecule is COc1ccccc1-c1nnc(S[C@@H](C(=O)N2CCCC2)c2ccccc2)n1CCc1ccccc1. The van der Waals surface area contributed by atoms with Gasteiger partial charge in [0.25, 0.3) is 0 Å². The van der Waals surface area contributed by atoms with Crippen molar-refractivity contribution in [3.05, 3.63) is 96.1 Å². The van der Waals surface area contributed by atoms with E-state index in [1.54, 1.807) is 7.11 Å². The number of thioether (sulfide) groups is 1. The van der Waals surface area contributed by atoms with E-state index in [0.717, 1.165) is 60.2 Å². The van der Waals surface area contributed by atoms with Gasteiger partial charge in [0.1, 0.15) is 11.0 Å². The molecule has 1 aromatic heterocycles. The third-order valence-corrected chi connectivity index (χ3v) is 7.72. The zero-order chi connectivity index (χ0) is 24.7. The van der Waals surface area contributed by atoms with Gasteiger partial charge in [-0.15, -0.1) is 10.2 Å². The second-order valence-electron chi connectivity index (χ2n) is 8.83. The summed E-state index contributed by atoms with van der Waals surface area (Å²) in [6.45, 7) is 2.32. The van der Waals surface area contributed by atoms with Gasteiger partial charge in [0.05, 0.1) is 12.7 Å². The molecular weight excluding hydrogens is 468 g/mol. The third kappa shape index (κ3) is 5.31. The molecule has 5 rings (SSSR count). The fraction of sp³-hybridized carbons (Fsp3) is 0.276. The summed E-state index contributed by atoms with van der Waals surface area (Å²) in [5.74, 6) is 1.63. The summed E-state index contributed by atoms with van der Waals surface area (Å²) in [7, 11) is 1.67. The predicted molar refractivity (Wildman–Crippen MR) is 143 cm³/mol. The summed E-state index contributed by atoms with van der Waals surface area (Å²) in [6, 6.07) is 28.3. The molecule has 36 heavy (non-hydrogen) atoms. The lowest BCUT2D eigenvalue weighted by molar-refractivity contribution is -0.129. The van der Waals surface area contributed by atoms with Crippen LogP contribution in [0.5, 0.6) is 5.75 Å². The Labute approximate surface area is 216 Å². The highest BCUT2D eigenvalue weighted by molar-refractivity contribution is 8.00. The number of rotatable bonds is 9. The largest absolute Gasteiger partial charge is 0.496 e. The van der Waals surface area contributed by atoms with Crippen molar-refractivity contribution < 1.29 is 9.53 Å². The number of aryl methyl sites for hydroxylation is 1. The van der Waals surface area contributed by atoms with Crippen LogP contribution in [0.2, 0.25) is 0 Å². The number of hydrogen-bond acceptors (Lipinski definition) is 5. The molecule has 184 valence electrons. The second kappa shape index (κ2) is 11.4. The van der Waals surface area contributed by atoms with Crippen molar-refractivity contribution in [1.82, 2.24) is 19.7 Å². The summed E-state index contributed by atoms with van der Waals surface area (Å²) in [4.78, 5) is 15.6. The van der Waals surface area contributed by atoms with E-state index in [-0.39, 0.29) is 11.2 Å². The number of amides is 1. The molecule has 1 saturated heterocycles. The summed E-state index contributed by atoms with van der Waals surface area (Å²) in [5, 5.41) is 9.55. The van der Waals surface area contributed by atoms with Crippen molar-refractivity contribution in [2.24, 2.45) is 0 Å². The summed E-state index contributed by atoms with van der Waals surface area (Å²) >= 11 is 1.48. The first kappa shape index (κ1) is 24.1. The fourth-order valence-electron chi connectivity index (χ4n) is 4.59. The van der Waals surface area contributed by atoms with Crippen molar-refractivity contribution in [3.63, 3.8) is 0 Å². The number of hydrogen-bond donors (Lipinski definition) is 0. The molecule has 7 heteroatoms. The molecule has 0 N–H and O–H groups in total. The lowest BCUT2D eigenvalue weighted by Gasteiger charge is -2.23. The Balaban J connectivity index is 1.52. The number of methoxy groups -OCH3 is 1. The minimum Gasteiger partial charge on any atom is -0.496 e. The van der Waals surface area contributed by atoms with Crippen LogP contribution in [0.1, 0.15) is 29.2 Å². The number of aromatic nitrogens is 3. The molecular formula is C29H30N4O2S. The quantitative estimate of drug-likeness (QED) is 0.279. The first-order chi connectivity index (χ1) is 17.7. The Morgan fingerprint density at radius 1 is 0.917 bits per heavy atom. The number of nitrogens with zero attached hydrogens (tertiary/aromatic N) is 4. The first-order valence-electron chi connectivity index (χ1n) is 12.4. The van der Waals surface area contributed by atoms with Crippen LogP contribution in [0.3, 0.4) is 0 Å². The molecule has 0 aliphatic carbocycles. The number of benzene rings is 3. The number of ether oxygens (including phenoxy) is 1. The van der Waals surface area contributed by atoms with Crippen LogP contribution in [0.25, 0.3) is 11.4 Å². The molecule has 1 aliphatic rings. The van der Waals surface area contributed by atoms with Crippen molar-refractivity contribution >= 4 is 17.7 Å². The standard InChI is InChI=1S/C29H30N4O2S/c1-35-25-17-9-8-16-24(25)27-30-31-29(33(27)21-18-22-12-4-2-5-13-22)36-26(23-14-6-3-7-15-23)28(34)32-19-10-11-20-32/h2-9,12-17,26H,10-11,18-21H2,1H3/t26-/m1/s1. The van der Waals surface area contributed by atoms with E-state index in [9.17, 15) is 4.79 Å². The number of carbonyl (C=O) groups is 1. The van der Waals surface area contributed by atoms with Gasteiger partial charge in [-0.1, -0.05) is 84.6 Å². The average Bonchev–Trinajstić information content (AvgIpc) is 3.62. The molecule has 0 spiro atoms. The van der Waals surface area contributed by atoms with Crippen LogP contribution in [-0.4, -0.2) is 45.8 Å². The van der Waals surface area contributed by atoms with E-state index in [0.29, 0.717) is 6.54 Å². The topological polar surface area (TPSA) is 60.3 Å². The van der Waals surface area contributed by atoms with Crippen LogP contribution in [-0.2, 0) is 17.8 Å². The normalized spacial score (nSPS) is 14.1. The molecule has 6 nitrogen and oxygen atoms in total. The van der Waals surface area contributed by atoms with E-state index < -0.39 is 0 Å². The van der Waals surface area contributed by atoms with E-state index >= 15 is 0 Å². The zero-order valence-electron chi connectivity index (χ0n) is 20.4. The second-order valence-corrected chi connectivity index (χ2v) is 9.91. The Kier molecular flexibility index (Phi) is 7.67. The fourth-order valence-corrected chi connectivity index (χ4v) is 5.74. The van der Waals surface area contributed by atoms with Crippen LogP contribution in [0.4, 0.5) is 0 Å². The van der Waals surface area contributed by atoms with Crippen molar-refractivity contribution in [2.45, 2.75) is 36.2 Å². The highest BCUT2D eigenvalue weighted by Gasteiger charge is 2.31. The number of carbonyl (C=O) groups excluding carboxylic acids is 1. The van der Waals surface area contributed by atoms with Gasteiger partial charge < -0.3 is 14.2 Å². The van der Waals surface area contributed by atoms with Gasteiger partial charge in [0, 0.05) is 19.6 Å². The lowest BCUT2D eigenvalue weighted by Crippen LogP contribution is -2.31. The monoisotopic (exact) mass is 498 g/mol. The molecule has 4 aromatic rings. The van der Waals surface area contributed by atoms with Gasteiger partial charge in [-0.05, 0) is 42.5 Å². The summed E-state index contributed by atoms with van der Waals surface area (Å²) < 4.78 is 7.76. The molecule has 1 aliphatic heterocycles. The van der Waals surface area contributed by atoms with Crippen molar-refractivity contribution in [1.29, 1.82) is 0 Å². The number of para-hydroxylation sites is 1. The molecule has 0 unspecified atom stereocenters. The maximum absolute atomic E-state index is 13.6. The predicted octanol–water partition coefficient (Wildman–Crippen LogP) is 5.65. The van der Waals surface area contributed by atoms with E-state index in [1.807, 2.05) is 65.6 Å². The molecule has 2 heterocycles. The smallest absolute Gasteiger partial charge is 0.240 e. The van der Waals surface area contributed by atoms with Crippen LogP contribution >= 0.6 is 11.8 Å². The van der Waals surface area contributed by atoms with E-state index in [4.69, 9.17) is 4.74 Å². The van der Waals surface area contributed by atoms with Crippen molar-refractivity contribution in [2.75, 3.05) is 20.2 Å². The number of likely N-dealkylation sites (tertiary alicyclic amines) is 1. The van der Waals surface area contributed by atoms with E-state index in [1.165, 1.54) is 17.3 Å². The highest BCUT2D eigenvalue weighted by Crippen LogP contribution is 2.39. The van der Waals surface area contributed by atoms with Crippen molar-refractivity contribution in [3.8, 4) is 17.1 Å². The van der Waals surface area contributed by atoms with Crippen LogP contribution in [0, 0.1) is 0 Å². The van der Waals surface area contributed by atoms with Crippen LogP contribution in [0.15, 0.2) is 90.1 Å². The Morgan fingerprint density at radius 3 is 2.31 bits per heavy atom. The molecule has 0 bridgehead atoms. The maximum Gasteiger partial charge on any atom is 0.240 e. The zero-order valence-corrected chi connectivity index (χ0v) is 21.2. The van der Waals surface area contributed by atoms with Gasteiger partial charge in [0.15, 0.2) is 11.0 Å². The van der Waals surface area contributed by atoms with Gasteiger partial charge in [-0.3, -0.25) is 4.79 Å².